The van der Waals surface area contributed by atoms with Crippen LogP contribution in [0.25, 0.3) is 10.9 Å². The molecule has 5 heteroatoms. The minimum Gasteiger partial charge on any atom is -0.455 e. The molecule has 1 aliphatic rings. The predicted molar refractivity (Wildman–Crippen MR) is 124 cm³/mol. The lowest BCUT2D eigenvalue weighted by Crippen LogP contribution is -2.42. The maximum absolute atomic E-state index is 13.3. The van der Waals surface area contributed by atoms with Gasteiger partial charge in [0, 0.05) is 23.1 Å². The molecule has 2 amide bonds. The number of ether oxygens (including phenoxy) is 1. The Hall–Kier alpha value is -3.73. The van der Waals surface area contributed by atoms with Crippen LogP contribution in [0, 0.1) is 0 Å². The van der Waals surface area contributed by atoms with Gasteiger partial charge in [-0.2, -0.15) is 0 Å². The first kappa shape index (κ1) is 19.2. The van der Waals surface area contributed by atoms with E-state index in [0.29, 0.717) is 18.0 Å². The van der Waals surface area contributed by atoms with Crippen molar-refractivity contribution >= 4 is 22.6 Å². The average Bonchev–Trinajstić information content (AvgIpc) is 3.19. The zero-order valence-electron chi connectivity index (χ0n) is 17.5. The minimum absolute atomic E-state index is 0.0124. The largest absolute Gasteiger partial charge is 0.455 e. The quantitative estimate of drug-likeness (QED) is 0.403. The number of amides is 2. The third kappa shape index (κ3) is 3.63. The van der Waals surface area contributed by atoms with E-state index in [4.69, 9.17) is 4.74 Å². The fourth-order valence-electron chi connectivity index (χ4n) is 4.45. The van der Waals surface area contributed by atoms with Crippen LogP contribution >= 0.6 is 0 Å². The highest BCUT2D eigenvalue weighted by Crippen LogP contribution is 2.37. The Morgan fingerprint density at radius 3 is 2.61 bits per heavy atom. The van der Waals surface area contributed by atoms with E-state index in [0.717, 1.165) is 29.8 Å². The second-order valence-corrected chi connectivity index (χ2v) is 7.77. The van der Waals surface area contributed by atoms with E-state index in [9.17, 15) is 4.79 Å². The van der Waals surface area contributed by atoms with Crippen molar-refractivity contribution in [3.63, 3.8) is 0 Å². The number of anilines is 1. The molecule has 0 fully saturated rings. The highest BCUT2D eigenvalue weighted by Gasteiger charge is 2.32. The van der Waals surface area contributed by atoms with E-state index in [1.807, 2.05) is 65.6 Å². The summed E-state index contributed by atoms with van der Waals surface area (Å²) in [7, 11) is 0. The topological polar surface area (TPSA) is 57.4 Å². The van der Waals surface area contributed by atoms with E-state index in [2.05, 4.69) is 35.4 Å². The molecule has 5 nitrogen and oxygen atoms in total. The number of carbonyl (C=O) groups is 1. The first-order valence-corrected chi connectivity index (χ1v) is 10.7. The molecule has 1 atom stereocenters. The molecule has 0 saturated heterocycles. The summed E-state index contributed by atoms with van der Waals surface area (Å²) in [4.78, 5) is 18.8. The standard InChI is InChI=1S/C26H25N3O2/c1-2-23-25-20(19-12-6-7-13-21(19)27-25)16-17-29(23)26(30)28-22-14-8-9-15-24(22)31-18-10-4-3-5-11-18/h3-15,23,27H,2,16-17H2,1H3,(H,28,30). The number of fused-ring (bicyclic) bond motifs is 3. The molecular weight excluding hydrogens is 386 g/mol. The summed E-state index contributed by atoms with van der Waals surface area (Å²) in [6, 6.07) is 25.4. The molecular formula is C26H25N3O2. The van der Waals surface area contributed by atoms with Crippen LogP contribution < -0.4 is 10.1 Å². The van der Waals surface area contributed by atoms with Crippen molar-refractivity contribution in [3.05, 3.63) is 90.1 Å². The summed E-state index contributed by atoms with van der Waals surface area (Å²) in [6.07, 6.45) is 1.68. The third-order valence-corrected chi connectivity index (χ3v) is 5.91. The Kier molecular flexibility index (Phi) is 5.08. The lowest BCUT2D eigenvalue weighted by Gasteiger charge is -2.35. The minimum atomic E-state index is -0.111. The lowest BCUT2D eigenvalue weighted by molar-refractivity contribution is 0.179. The number of nitrogens with zero attached hydrogens (tertiary/aromatic N) is 1. The smallest absolute Gasteiger partial charge is 0.322 e. The molecule has 4 aromatic rings. The number of aromatic amines is 1. The van der Waals surface area contributed by atoms with Gasteiger partial charge in [-0.1, -0.05) is 55.5 Å². The molecule has 1 aliphatic heterocycles. The van der Waals surface area contributed by atoms with Gasteiger partial charge in [0.2, 0.25) is 0 Å². The number of aromatic nitrogens is 1. The normalized spacial score (nSPS) is 15.5. The molecule has 3 aromatic carbocycles. The molecule has 0 bridgehead atoms. The first-order valence-electron chi connectivity index (χ1n) is 10.7. The third-order valence-electron chi connectivity index (χ3n) is 5.91. The van der Waals surface area contributed by atoms with Crippen LogP contribution in [0.3, 0.4) is 0 Å². The van der Waals surface area contributed by atoms with E-state index in [-0.39, 0.29) is 12.1 Å². The molecule has 0 radical (unpaired) electrons. The van der Waals surface area contributed by atoms with Crippen molar-refractivity contribution in [3.8, 4) is 11.5 Å². The Bertz CT molecular complexity index is 1220. The van der Waals surface area contributed by atoms with Gasteiger partial charge in [-0.15, -0.1) is 0 Å². The summed E-state index contributed by atoms with van der Waals surface area (Å²) in [6.45, 7) is 2.80. The highest BCUT2D eigenvalue weighted by molar-refractivity contribution is 5.92. The molecule has 2 heterocycles. The zero-order valence-corrected chi connectivity index (χ0v) is 17.5. The fraction of sp³-hybridized carbons (Fsp3) is 0.192. The van der Waals surface area contributed by atoms with Gasteiger partial charge in [0.15, 0.2) is 5.75 Å². The Balaban J connectivity index is 1.40. The number of carbonyl (C=O) groups excluding carboxylic acids is 1. The molecule has 0 spiro atoms. The molecule has 5 rings (SSSR count). The number of urea groups is 1. The summed E-state index contributed by atoms with van der Waals surface area (Å²) >= 11 is 0. The number of hydrogen-bond donors (Lipinski definition) is 2. The second kappa shape index (κ2) is 8.19. The highest BCUT2D eigenvalue weighted by atomic mass is 16.5. The summed E-state index contributed by atoms with van der Waals surface area (Å²) in [5.41, 5.74) is 4.28. The van der Waals surface area contributed by atoms with Crippen molar-refractivity contribution in [2.75, 3.05) is 11.9 Å². The number of benzene rings is 3. The van der Waals surface area contributed by atoms with Gasteiger partial charge in [0.1, 0.15) is 5.75 Å². The van der Waals surface area contributed by atoms with Gasteiger partial charge < -0.3 is 19.9 Å². The van der Waals surface area contributed by atoms with Gasteiger partial charge in [0.05, 0.1) is 11.7 Å². The van der Waals surface area contributed by atoms with Crippen LogP contribution in [0.5, 0.6) is 11.5 Å². The fourth-order valence-corrected chi connectivity index (χ4v) is 4.45. The van der Waals surface area contributed by atoms with Gasteiger partial charge in [-0.25, -0.2) is 4.79 Å². The van der Waals surface area contributed by atoms with Crippen molar-refractivity contribution in [1.29, 1.82) is 0 Å². The molecule has 2 N–H and O–H groups in total. The van der Waals surface area contributed by atoms with Crippen molar-refractivity contribution < 1.29 is 9.53 Å². The monoisotopic (exact) mass is 411 g/mol. The Labute approximate surface area is 181 Å². The number of para-hydroxylation sites is 4. The van der Waals surface area contributed by atoms with Crippen LogP contribution in [0.4, 0.5) is 10.5 Å². The van der Waals surface area contributed by atoms with E-state index in [1.165, 1.54) is 10.9 Å². The van der Waals surface area contributed by atoms with Gasteiger partial charge >= 0.3 is 6.03 Å². The maximum Gasteiger partial charge on any atom is 0.322 e. The number of hydrogen-bond acceptors (Lipinski definition) is 2. The van der Waals surface area contributed by atoms with Gasteiger partial charge in [0.25, 0.3) is 0 Å². The molecule has 0 saturated carbocycles. The maximum atomic E-state index is 13.3. The van der Waals surface area contributed by atoms with Gasteiger partial charge in [-0.05, 0) is 48.7 Å². The van der Waals surface area contributed by atoms with Crippen LogP contribution in [0.1, 0.15) is 30.6 Å². The summed E-state index contributed by atoms with van der Waals surface area (Å²) in [5.74, 6) is 1.36. The SMILES string of the molecule is CCC1c2[nH]c3ccccc3c2CCN1C(=O)Nc1ccccc1Oc1ccccc1. The first-order chi connectivity index (χ1) is 15.2. The Morgan fingerprint density at radius 1 is 1.03 bits per heavy atom. The van der Waals surface area contributed by atoms with Crippen LogP contribution in [-0.4, -0.2) is 22.5 Å². The molecule has 1 unspecified atom stereocenters. The van der Waals surface area contributed by atoms with Crippen molar-refractivity contribution in [1.82, 2.24) is 9.88 Å². The van der Waals surface area contributed by atoms with Gasteiger partial charge in [-0.3, -0.25) is 0 Å². The van der Waals surface area contributed by atoms with Crippen LogP contribution in [0.15, 0.2) is 78.9 Å². The molecule has 31 heavy (non-hydrogen) atoms. The van der Waals surface area contributed by atoms with E-state index >= 15 is 0 Å². The number of nitrogens with one attached hydrogen (secondary N) is 2. The lowest BCUT2D eigenvalue weighted by atomic mass is 9.96. The molecule has 156 valence electrons. The van der Waals surface area contributed by atoms with Crippen molar-refractivity contribution in [2.24, 2.45) is 0 Å². The number of H-pyrrole nitrogens is 1. The van der Waals surface area contributed by atoms with Crippen LogP contribution in [-0.2, 0) is 6.42 Å². The zero-order chi connectivity index (χ0) is 21.2. The second-order valence-electron chi connectivity index (χ2n) is 7.77. The Morgan fingerprint density at radius 2 is 1.77 bits per heavy atom. The van der Waals surface area contributed by atoms with Crippen LogP contribution in [0.2, 0.25) is 0 Å². The summed E-state index contributed by atoms with van der Waals surface area (Å²) in [5, 5.41) is 4.34. The van der Waals surface area contributed by atoms with E-state index < -0.39 is 0 Å². The number of rotatable bonds is 4. The predicted octanol–water partition coefficient (Wildman–Crippen LogP) is 6.50. The van der Waals surface area contributed by atoms with Crippen molar-refractivity contribution in [2.45, 2.75) is 25.8 Å². The average molecular weight is 412 g/mol. The molecule has 1 aromatic heterocycles. The molecule has 0 aliphatic carbocycles. The van der Waals surface area contributed by atoms with E-state index in [1.54, 1.807) is 0 Å². The summed E-state index contributed by atoms with van der Waals surface area (Å²) < 4.78 is 6.01.